The summed E-state index contributed by atoms with van der Waals surface area (Å²) in [6.07, 6.45) is 41.3. The van der Waals surface area contributed by atoms with Gasteiger partial charge in [-0.15, -0.1) is 0 Å². The highest BCUT2D eigenvalue weighted by molar-refractivity contribution is 7.89. The van der Waals surface area contributed by atoms with Crippen molar-refractivity contribution in [3.63, 3.8) is 0 Å². The van der Waals surface area contributed by atoms with Crippen LogP contribution >= 0.6 is 0 Å². The Bertz CT molecular complexity index is 4760. The number of nitrogens with one attached hydrogen (secondary N) is 2. The number of likely N-dealkylation sites (N-methyl/N-ethyl adjacent to an activating group) is 1. The molecule has 6 unspecified atom stereocenters. The summed E-state index contributed by atoms with van der Waals surface area (Å²) < 4.78 is 79.9. The molecule has 16 nitrogen and oxygen atoms in total. The van der Waals surface area contributed by atoms with Gasteiger partial charge in [0.1, 0.15) is 0 Å². The Balaban J connectivity index is 0.000000116. The van der Waals surface area contributed by atoms with Crippen molar-refractivity contribution in [2.75, 3.05) is 84.5 Å². The van der Waals surface area contributed by atoms with Crippen molar-refractivity contribution in [3.05, 3.63) is 107 Å². The summed E-state index contributed by atoms with van der Waals surface area (Å²) in [5.74, 6) is 10.9. The molecule has 0 aromatic heterocycles. The van der Waals surface area contributed by atoms with Crippen molar-refractivity contribution in [1.82, 2.24) is 29.0 Å². The maximum absolute atomic E-state index is 12.9. The standard InChI is InChI=1S/2C38H56N2O4S.C32H52N2O2/c2*1-25-20-33-34(40(23-25)18-17-39-45(42,43)19-14-27-8-6-5-7-9-27)26(2)38(44-33)16-13-31-30-11-10-28-21-29(41)12-15-35(28,3)32(30)22-37(31)24-36(37,38)4;1-20-15-27-28(34(18-20)14-13-33(5)6)21(2)32(36-27)12-10-25-24-8-7-22-16-23(35)9-11-29(22,3)26(24)17-31(25)19-30(31,32)4/h5-9,21,25-26,29-34,39,41H,10-20,22-24H2,1-4H3;5-10,25-26,29-34,39,41H,11-24H2,1-4H3;7,20-21,23-28,35H,8-19H2,1-6H3/t2*25-,26+,29-,30-,31-,32-,33+,34-,35-,36?,37?,38+;20-,21+,23-,24-,25-,26-,27+,28-,29-,30?,31?,32+/m000/s1. The Morgan fingerprint density at radius 1 is 0.444 bits per heavy atom. The zero-order valence-electron chi connectivity index (χ0n) is 80.0. The molecule has 6 saturated heterocycles. The Hall–Kier alpha value is -2.92. The lowest BCUT2D eigenvalue weighted by atomic mass is 9.56. The van der Waals surface area contributed by atoms with Crippen LogP contribution < -0.4 is 9.44 Å². The Labute approximate surface area is 760 Å². The number of benzene rings is 2. The lowest BCUT2D eigenvalue weighted by Gasteiger charge is -2.50. The van der Waals surface area contributed by atoms with E-state index < -0.39 is 20.0 Å². The quantitative estimate of drug-likeness (QED) is 0.0939. The van der Waals surface area contributed by atoms with Crippen LogP contribution in [0.5, 0.6) is 0 Å². The first kappa shape index (κ1) is 89.6. The molecule has 18 fully saturated rings. The average Bonchev–Trinajstić information content (AvgIpc) is 1.47. The van der Waals surface area contributed by atoms with Gasteiger partial charge < -0.3 is 34.4 Å². The summed E-state index contributed by atoms with van der Waals surface area (Å²) >= 11 is 0. The van der Waals surface area contributed by atoms with E-state index in [1.807, 2.05) is 60.7 Å². The Kier molecular flexibility index (Phi) is 22.5. The van der Waals surface area contributed by atoms with Crippen LogP contribution in [0.15, 0.2) is 95.6 Å². The van der Waals surface area contributed by atoms with E-state index in [2.05, 4.69) is 144 Å². The predicted octanol–water partition coefficient (Wildman–Crippen LogP) is 17.3. The van der Waals surface area contributed by atoms with Crippen LogP contribution in [-0.2, 0) is 47.1 Å². The fourth-order valence-electron chi connectivity index (χ4n) is 38.2. The van der Waals surface area contributed by atoms with Crippen LogP contribution in [0, 0.1) is 138 Å². The van der Waals surface area contributed by atoms with Gasteiger partial charge in [-0.1, -0.05) is 179 Å². The van der Waals surface area contributed by atoms with Gasteiger partial charge in [0.2, 0.25) is 20.0 Å². The van der Waals surface area contributed by atoms with E-state index in [9.17, 15) is 32.2 Å². The second-order valence-corrected chi connectivity index (χ2v) is 53.7. The number of likely N-dealkylation sites (tertiary alicyclic amines) is 3. The van der Waals surface area contributed by atoms with Gasteiger partial charge in [-0.25, -0.2) is 26.3 Å². The molecule has 36 atom stereocenters. The van der Waals surface area contributed by atoms with Crippen molar-refractivity contribution in [2.24, 2.45) is 138 Å². The number of aliphatic hydroxyl groups is 3. The molecule has 6 aliphatic heterocycles. The highest BCUT2D eigenvalue weighted by Gasteiger charge is 2.88. The number of hydrogen-bond donors (Lipinski definition) is 5. The molecule has 126 heavy (non-hydrogen) atoms. The van der Waals surface area contributed by atoms with E-state index >= 15 is 0 Å². The minimum Gasteiger partial charge on any atom is -0.393 e. The van der Waals surface area contributed by atoms with E-state index in [1.54, 1.807) is 16.7 Å². The molecule has 698 valence electrons. The van der Waals surface area contributed by atoms with Crippen molar-refractivity contribution >= 4 is 20.0 Å². The van der Waals surface area contributed by atoms with E-state index in [0.717, 1.165) is 161 Å². The zero-order valence-corrected chi connectivity index (χ0v) is 81.6. The number of allylic oxidation sites excluding steroid dienone is 3. The molecule has 2 aromatic rings. The minimum atomic E-state index is -3.33. The summed E-state index contributed by atoms with van der Waals surface area (Å²) in [7, 11) is -2.24. The molecule has 15 aliphatic carbocycles. The first-order valence-corrected chi connectivity index (χ1v) is 55.3. The van der Waals surface area contributed by atoms with Gasteiger partial charge in [-0.3, -0.25) is 14.7 Å². The molecular weight excluding hydrogens is 1610 g/mol. The zero-order chi connectivity index (χ0) is 88.1. The molecule has 0 radical (unpaired) electrons. The fraction of sp³-hybridized carbons (Fsp3) is 0.833. The summed E-state index contributed by atoms with van der Waals surface area (Å²) in [5, 5.41) is 31.4. The smallest absolute Gasteiger partial charge is 0.211 e. The van der Waals surface area contributed by atoms with Crippen molar-refractivity contribution in [1.29, 1.82) is 0 Å². The monoisotopic (exact) mass is 1770 g/mol. The third kappa shape index (κ3) is 13.5. The largest absolute Gasteiger partial charge is 0.393 e. The van der Waals surface area contributed by atoms with Crippen LogP contribution in [0.2, 0.25) is 0 Å². The molecule has 6 heterocycles. The molecular formula is C108H164N6O10S2. The summed E-state index contributed by atoms with van der Waals surface area (Å²) in [5.41, 5.74) is 9.72. The van der Waals surface area contributed by atoms with E-state index in [-0.39, 0.29) is 80.5 Å². The summed E-state index contributed by atoms with van der Waals surface area (Å²) in [6, 6.07) is 21.1. The second kappa shape index (κ2) is 31.6. The summed E-state index contributed by atoms with van der Waals surface area (Å²) in [6.45, 7) is 38.3. The van der Waals surface area contributed by atoms with Crippen LogP contribution in [-0.4, -0.2) is 208 Å². The molecule has 0 bridgehead atoms. The third-order valence-corrected chi connectivity index (χ3v) is 47.0. The van der Waals surface area contributed by atoms with Gasteiger partial charge in [-0.2, -0.15) is 0 Å². The van der Waals surface area contributed by atoms with Crippen LogP contribution in [0.25, 0.3) is 0 Å². The number of nitrogens with zero attached hydrogens (tertiary/aromatic N) is 4. The number of sulfonamides is 2. The number of rotatable bonds is 17. The minimum absolute atomic E-state index is 0.0761. The fourth-order valence-corrected chi connectivity index (χ4v) is 40.3. The van der Waals surface area contributed by atoms with E-state index in [0.29, 0.717) is 107 Å². The highest BCUT2D eigenvalue weighted by Crippen LogP contribution is 2.91. The lowest BCUT2D eigenvalue weighted by Crippen LogP contribution is -2.55. The number of aryl methyl sites for hydroxylation is 2. The number of aliphatic hydroxyl groups excluding tert-OH is 3. The van der Waals surface area contributed by atoms with Crippen molar-refractivity contribution < 1.29 is 46.4 Å². The SMILES string of the molecule is C[C@H]1C[C@H]2O[C@]3(CC[C@H]4[C@@H]5CC=C6C[C@@H](O)CC[C@]6(C)[C@H]5CC45CC53C)[C@H](C)[C@@H]2N(CCN(C)C)C1.C[C@H]1C[C@H]2O[C@]3(CC[C@H]4[C@@H]5CC=C6C[C@@H](O)CC[C@]6(C)[C@H]5CC45CC53C)[C@H](C)[C@@H]2N(CCNS(=O)(=O)CCc2ccccc2)C1.C[C@H]1C[C@H]2O[C@]3(CC[C@H]4[C@@H]5CCC6=C[C@@H](O)CC[C@]6(C)[C@H]5CC45CC53C)[C@H](C)[C@@H]2N(CCNS(=O)(=O)CCc2ccccc2)C1. The molecule has 21 aliphatic rings. The predicted molar refractivity (Wildman–Crippen MR) is 501 cm³/mol. The van der Waals surface area contributed by atoms with E-state index in [1.165, 1.54) is 129 Å². The highest BCUT2D eigenvalue weighted by atomic mass is 32.2. The Morgan fingerprint density at radius 2 is 0.810 bits per heavy atom. The van der Waals surface area contributed by atoms with Gasteiger partial charge in [-0.05, 0) is 315 Å². The van der Waals surface area contributed by atoms with Gasteiger partial charge >= 0.3 is 0 Å². The van der Waals surface area contributed by atoms with Crippen molar-refractivity contribution in [2.45, 2.75) is 341 Å². The normalized spacial score (nSPS) is 51.2. The van der Waals surface area contributed by atoms with Crippen LogP contribution in [0.1, 0.15) is 268 Å². The Morgan fingerprint density at radius 3 is 1.21 bits per heavy atom. The first-order chi connectivity index (χ1) is 59.9. The molecule has 2 aromatic carbocycles. The van der Waals surface area contributed by atoms with Crippen LogP contribution in [0.3, 0.4) is 0 Å². The van der Waals surface area contributed by atoms with Crippen LogP contribution in [0.4, 0.5) is 0 Å². The van der Waals surface area contributed by atoms with Gasteiger partial charge in [0.05, 0.1) is 64.9 Å². The first-order valence-electron chi connectivity index (χ1n) is 51.9. The molecule has 5 N–H and O–H groups in total. The molecule has 18 heteroatoms. The average molecular weight is 1770 g/mol. The van der Waals surface area contributed by atoms with Gasteiger partial charge in [0.15, 0.2) is 0 Å². The molecule has 0 amide bonds. The van der Waals surface area contributed by atoms with Gasteiger partial charge in [0.25, 0.3) is 0 Å². The molecule has 6 spiro atoms. The molecule has 23 rings (SSSR count). The van der Waals surface area contributed by atoms with Gasteiger partial charge in [0, 0.05) is 111 Å². The molecule has 12 saturated carbocycles. The summed E-state index contributed by atoms with van der Waals surface area (Å²) in [4.78, 5) is 10.4. The number of hydrogen-bond acceptors (Lipinski definition) is 14. The maximum Gasteiger partial charge on any atom is 0.211 e. The number of fused-ring (bicyclic) bond motifs is 18. The third-order valence-electron chi connectivity index (χ3n) is 44.2. The number of ether oxygens (including phenoxy) is 3. The number of piperidine rings is 3. The lowest BCUT2D eigenvalue weighted by molar-refractivity contribution is -0.148. The van der Waals surface area contributed by atoms with Crippen molar-refractivity contribution in [3.8, 4) is 0 Å². The van der Waals surface area contributed by atoms with E-state index in [4.69, 9.17) is 14.2 Å². The maximum atomic E-state index is 12.9. The topological polar surface area (TPSA) is 194 Å². The second-order valence-electron chi connectivity index (χ2n) is 49.8.